The zero-order valence-corrected chi connectivity index (χ0v) is 11.2. The van der Waals surface area contributed by atoms with Crippen LogP contribution in [0.25, 0.3) is 5.65 Å². The average molecular weight is 291 g/mol. The molecule has 0 aliphatic heterocycles. The molecule has 3 aromatic rings. The smallest absolute Gasteiger partial charge is 0.221 e. The molecule has 0 radical (unpaired) electrons. The Balaban J connectivity index is 1.99. The second-order valence-electron chi connectivity index (χ2n) is 4.87. The summed E-state index contributed by atoms with van der Waals surface area (Å²) < 4.78 is 40.5. The quantitative estimate of drug-likeness (QED) is 0.721. The highest BCUT2D eigenvalue weighted by Gasteiger charge is 2.33. The van der Waals surface area contributed by atoms with Crippen molar-refractivity contribution in [1.82, 2.24) is 14.6 Å². The summed E-state index contributed by atoms with van der Waals surface area (Å²) >= 11 is 0. The molecule has 0 fully saturated rings. The van der Waals surface area contributed by atoms with Crippen molar-refractivity contribution in [2.75, 3.05) is 0 Å². The molecule has 2 aromatic heterocycles. The minimum Gasteiger partial charge on any atom is -0.221 e. The predicted octanol–water partition coefficient (Wildman–Crippen LogP) is 3.65. The number of halogens is 3. The minimum absolute atomic E-state index is 0.0520. The molecule has 0 spiro atoms. The standard InChI is InChI=1S/C15H12F3N3/c1-10-6-7-21-14(8-10)19-13(20-21)9-11-4-2-3-5-12(11)15(16,17)18/h2-8H,9H2,1H3. The first-order valence-corrected chi connectivity index (χ1v) is 6.40. The fourth-order valence-electron chi connectivity index (χ4n) is 2.23. The molecule has 108 valence electrons. The minimum atomic E-state index is -4.37. The van der Waals surface area contributed by atoms with Crippen LogP contribution in [0.15, 0.2) is 42.6 Å². The Kier molecular flexibility index (Phi) is 3.16. The van der Waals surface area contributed by atoms with E-state index in [4.69, 9.17) is 0 Å². The number of pyridine rings is 1. The number of fused-ring (bicyclic) bond motifs is 1. The van der Waals surface area contributed by atoms with Gasteiger partial charge in [-0.25, -0.2) is 9.50 Å². The molecule has 1 aromatic carbocycles. The van der Waals surface area contributed by atoms with Crippen molar-refractivity contribution in [3.63, 3.8) is 0 Å². The number of aryl methyl sites for hydroxylation is 1. The Labute approximate surface area is 119 Å². The van der Waals surface area contributed by atoms with Crippen LogP contribution in [0.3, 0.4) is 0 Å². The Bertz CT molecular complexity index is 790. The Morgan fingerprint density at radius 2 is 1.90 bits per heavy atom. The summed E-state index contributed by atoms with van der Waals surface area (Å²) in [6, 6.07) is 9.22. The summed E-state index contributed by atoms with van der Waals surface area (Å²) in [6.45, 7) is 1.92. The number of benzene rings is 1. The summed E-state index contributed by atoms with van der Waals surface area (Å²) in [6.07, 6.45) is -2.57. The van der Waals surface area contributed by atoms with Crippen molar-refractivity contribution in [2.45, 2.75) is 19.5 Å². The lowest BCUT2D eigenvalue weighted by Gasteiger charge is -2.11. The number of hydrogen-bond acceptors (Lipinski definition) is 2. The first-order chi connectivity index (χ1) is 9.93. The molecule has 6 heteroatoms. The summed E-state index contributed by atoms with van der Waals surface area (Å²) in [5, 5.41) is 4.21. The van der Waals surface area contributed by atoms with Gasteiger partial charge in [-0.15, -0.1) is 0 Å². The van der Waals surface area contributed by atoms with Gasteiger partial charge in [0, 0.05) is 12.6 Å². The van der Waals surface area contributed by atoms with E-state index in [2.05, 4.69) is 10.1 Å². The summed E-state index contributed by atoms with van der Waals surface area (Å²) in [5.74, 6) is 0.373. The Morgan fingerprint density at radius 1 is 1.14 bits per heavy atom. The van der Waals surface area contributed by atoms with E-state index in [9.17, 15) is 13.2 Å². The Hall–Kier alpha value is -2.37. The molecule has 0 N–H and O–H groups in total. The van der Waals surface area contributed by atoms with Gasteiger partial charge in [0.2, 0.25) is 0 Å². The molecule has 0 unspecified atom stereocenters. The molecule has 3 rings (SSSR count). The van der Waals surface area contributed by atoms with Gasteiger partial charge in [0.25, 0.3) is 0 Å². The maximum atomic E-state index is 13.0. The van der Waals surface area contributed by atoms with E-state index < -0.39 is 11.7 Å². The highest BCUT2D eigenvalue weighted by atomic mass is 19.4. The lowest BCUT2D eigenvalue weighted by atomic mass is 10.0. The zero-order valence-electron chi connectivity index (χ0n) is 11.2. The van der Waals surface area contributed by atoms with Gasteiger partial charge in [-0.3, -0.25) is 0 Å². The van der Waals surface area contributed by atoms with Crippen LogP contribution >= 0.6 is 0 Å². The van der Waals surface area contributed by atoms with Gasteiger partial charge in [-0.1, -0.05) is 18.2 Å². The van der Waals surface area contributed by atoms with Crippen molar-refractivity contribution >= 4 is 5.65 Å². The first-order valence-electron chi connectivity index (χ1n) is 6.40. The summed E-state index contributed by atoms with van der Waals surface area (Å²) in [7, 11) is 0. The van der Waals surface area contributed by atoms with E-state index in [-0.39, 0.29) is 12.0 Å². The molecule has 21 heavy (non-hydrogen) atoms. The van der Waals surface area contributed by atoms with E-state index in [1.165, 1.54) is 12.1 Å². The predicted molar refractivity (Wildman–Crippen MR) is 72.0 cm³/mol. The van der Waals surface area contributed by atoms with Crippen LogP contribution in [0.4, 0.5) is 13.2 Å². The molecule has 0 saturated carbocycles. The number of hydrogen-bond donors (Lipinski definition) is 0. The molecule has 0 amide bonds. The number of rotatable bonds is 2. The third kappa shape index (κ3) is 2.74. The van der Waals surface area contributed by atoms with Gasteiger partial charge in [0.05, 0.1) is 5.56 Å². The largest absolute Gasteiger partial charge is 0.416 e. The molecule has 0 saturated heterocycles. The molecular formula is C15H12F3N3. The zero-order chi connectivity index (χ0) is 15.0. The van der Waals surface area contributed by atoms with E-state index in [1.54, 1.807) is 16.8 Å². The molecular weight excluding hydrogens is 279 g/mol. The molecule has 0 aliphatic rings. The fourth-order valence-corrected chi connectivity index (χ4v) is 2.23. The SMILES string of the molecule is Cc1ccn2nc(Cc3ccccc3C(F)(F)F)nc2c1. The molecule has 0 atom stereocenters. The van der Waals surface area contributed by atoms with Crippen LogP contribution in [-0.2, 0) is 12.6 Å². The van der Waals surface area contributed by atoms with Crippen molar-refractivity contribution in [3.05, 3.63) is 65.1 Å². The maximum Gasteiger partial charge on any atom is 0.416 e. The van der Waals surface area contributed by atoms with Crippen molar-refractivity contribution < 1.29 is 13.2 Å². The third-order valence-electron chi connectivity index (χ3n) is 3.21. The van der Waals surface area contributed by atoms with Crippen LogP contribution in [0.1, 0.15) is 22.5 Å². The molecule has 2 heterocycles. The van der Waals surface area contributed by atoms with Gasteiger partial charge in [0.15, 0.2) is 11.5 Å². The Morgan fingerprint density at radius 3 is 2.67 bits per heavy atom. The topological polar surface area (TPSA) is 30.2 Å². The molecule has 0 bridgehead atoms. The van der Waals surface area contributed by atoms with Crippen LogP contribution in [0.2, 0.25) is 0 Å². The van der Waals surface area contributed by atoms with Crippen molar-refractivity contribution in [1.29, 1.82) is 0 Å². The van der Waals surface area contributed by atoms with Gasteiger partial charge >= 0.3 is 6.18 Å². The fraction of sp³-hybridized carbons (Fsp3) is 0.200. The van der Waals surface area contributed by atoms with E-state index in [0.717, 1.165) is 11.6 Å². The second kappa shape index (κ2) is 4.87. The highest BCUT2D eigenvalue weighted by molar-refractivity contribution is 5.41. The number of alkyl halides is 3. The van der Waals surface area contributed by atoms with Gasteiger partial charge in [-0.2, -0.15) is 18.3 Å². The van der Waals surface area contributed by atoms with Crippen LogP contribution in [0.5, 0.6) is 0 Å². The van der Waals surface area contributed by atoms with Gasteiger partial charge in [-0.05, 0) is 36.2 Å². The molecule has 3 nitrogen and oxygen atoms in total. The lowest BCUT2D eigenvalue weighted by Crippen LogP contribution is -2.09. The second-order valence-corrected chi connectivity index (χ2v) is 4.87. The average Bonchev–Trinajstić information content (AvgIpc) is 2.79. The van der Waals surface area contributed by atoms with E-state index in [0.29, 0.717) is 11.5 Å². The maximum absolute atomic E-state index is 13.0. The molecule has 0 aliphatic carbocycles. The van der Waals surface area contributed by atoms with Crippen LogP contribution < -0.4 is 0 Å². The van der Waals surface area contributed by atoms with Crippen LogP contribution in [0, 0.1) is 6.92 Å². The summed E-state index contributed by atoms with van der Waals surface area (Å²) in [4.78, 5) is 4.28. The van der Waals surface area contributed by atoms with Gasteiger partial charge < -0.3 is 0 Å². The normalized spacial score (nSPS) is 12.0. The monoisotopic (exact) mass is 291 g/mol. The van der Waals surface area contributed by atoms with E-state index in [1.807, 2.05) is 19.1 Å². The van der Waals surface area contributed by atoms with Gasteiger partial charge in [0.1, 0.15) is 0 Å². The van der Waals surface area contributed by atoms with Crippen molar-refractivity contribution in [3.8, 4) is 0 Å². The highest BCUT2D eigenvalue weighted by Crippen LogP contribution is 2.32. The van der Waals surface area contributed by atoms with Crippen LogP contribution in [-0.4, -0.2) is 14.6 Å². The number of aromatic nitrogens is 3. The van der Waals surface area contributed by atoms with E-state index >= 15 is 0 Å². The third-order valence-corrected chi connectivity index (χ3v) is 3.21. The first kappa shape index (κ1) is 13.6. The summed E-state index contributed by atoms with van der Waals surface area (Å²) in [5.41, 5.74) is 1.20. The van der Waals surface area contributed by atoms with Crippen molar-refractivity contribution in [2.24, 2.45) is 0 Å². The lowest BCUT2D eigenvalue weighted by molar-refractivity contribution is -0.138. The number of nitrogens with zero attached hydrogens (tertiary/aromatic N) is 3.